The zero-order valence-electron chi connectivity index (χ0n) is 10.2. The Morgan fingerprint density at radius 1 is 1.53 bits per heavy atom. The number of rotatable bonds is 3. The normalized spacial score (nSPS) is 10.3. The van der Waals surface area contributed by atoms with Gasteiger partial charge in [0.15, 0.2) is 15.2 Å². The van der Waals surface area contributed by atoms with E-state index in [0.717, 1.165) is 16.9 Å². The van der Waals surface area contributed by atoms with E-state index in [1.807, 2.05) is 6.92 Å². The average Bonchev–Trinajstić information content (AvgIpc) is 2.74. The van der Waals surface area contributed by atoms with Crippen LogP contribution in [0.4, 0.5) is 15.2 Å². The van der Waals surface area contributed by atoms with Gasteiger partial charge in [-0.1, -0.05) is 29.0 Å². The number of benzene rings is 1. The summed E-state index contributed by atoms with van der Waals surface area (Å²) < 4.78 is 17.7. The molecule has 0 spiro atoms. The summed E-state index contributed by atoms with van der Waals surface area (Å²) in [6.45, 7) is 1.83. The summed E-state index contributed by atoms with van der Waals surface area (Å²) in [5.74, 6) is -0.907. The van der Waals surface area contributed by atoms with Gasteiger partial charge >= 0.3 is 5.97 Å². The van der Waals surface area contributed by atoms with Crippen molar-refractivity contribution in [3.63, 3.8) is 0 Å². The second-order valence-electron chi connectivity index (χ2n) is 3.71. The van der Waals surface area contributed by atoms with Crippen LogP contribution in [0.5, 0.6) is 0 Å². The minimum Gasteiger partial charge on any atom is -0.465 e. The zero-order valence-corrected chi connectivity index (χ0v) is 11.7. The molecular formula is C12H10ClFN2O2S. The molecule has 0 radical (unpaired) electrons. The molecule has 2 aromatic rings. The largest absolute Gasteiger partial charge is 0.465 e. The maximum absolute atomic E-state index is 13.2. The molecule has 1 aromatic carbocycles. The number of halogens is 2. The number of hydrogen-bond acceptors (Lipinski definition) is 5. The van der Waals surface area contributed by atoms with Crippen molar-refractivity contribution >= 4 is 39.7 Å². The van der Waals surface area contributed by atoms with Crippen LogP contribution in [0.25, 0.3) is 0 Å². The van der Waals surface area contributed by atoms with Crippen LogP contribution < -0.4 is 5.32 Å². The lowest BCUT2D eigenvalue weighted by atomic mass is 10.2. The quantitative estimate of drug-likeness (QED) is 0.877. The first-order valence-corrected chi connectivity index (χ1v) is 6.48. The van der Waals surface area contributed by atoms with Crippen molar-refractivity contribution < 1.29 is 13.9 Å². The molecule has 0 amide bonds. The van der Waals surface area contributed by atoms with Crippen molar-refractivity contribution in [3.8, 4) is 0 Å². The summed E-state index contributed by atoms with van der Waals surface area (Å²) in [6.07, 6.45) is 0. The second kappa shape index (κ2) is 5.54. The van der Waals surface area contributed by atoms with Crippen molar-refractivity contribution in [2.45, 2.75) is 6.92 Å². The van der Waals surface area contributed by atoms with Crippen LogP contribution in [0.3, 0.4) is 0 Å². The predicted molar refractivity (Wildman–Crippen MR) is 72.9 cm³/mol. The molecule has 100 valence electrons. The van der Waals surface area contributed by atoms with Gasteiger partial charge in [0.25, 0.3) is 0 Å². The number of anilines is 2. The highest BCUT2D eigenvalue weighted by molar-refractivity contribution is 7.18. The van der Waals surface area contributed by atoms with E-state index in [0.29, 0.717) is 10.8 Å². The van der Waals surface area contributed by atoms with Gasteiger partial charge in [-0.05, 0) is 24.6 Å². The number of nitrogens with one attached hydrogen (secondary N) is 1. The van der Waals surface area contributed by atoms with Crippen molar-refractivity contribution in [1.82, 2.24) is 4.98 Å². The van der Waals surface area contributed by atoms with E-state index in [9.17, 15) is 9.18 Å². The van der Waals surface area contributed by atoms with E-state index >= 15 is 0 Å². The summed E-state index contributed by atoms with van der Waals surface area (Å²) in [4.78, 5) is 15.6. The fraction of sp³-hybridized carbons (Fsp3) is 0.167. The number of aryl methyl sites for hydroxylation is 1. The van der Waals surface area contributed by atoms with Gasteiger partial charge in [0, 0.05) is 5.69 Å². The Labute approximate surface area is 118 Å². The monoisotopic (exact) mass is 300 g/mol. The van der Waals surface area contributed by atoms with Crippen LogP contribution in [0.15, 0.2) is 18.2 Å². The van der Waals surface area contributed by atoms with E-state index in [1.165, 1.54) is 19.2 Å². The smallest absolute Gasteiger partial charge is 0.351 e. The summed E-state index contributed by atoms with van der Waals surface area (Å²) in [6, 6.07) is 4.37. The van der Waals surface area contributed by atoms with E-state index < -0.39 is 5.97 Å². The molecule has 1 N–H and O–H groups in total. The third kappa shape index (κ3) is 3.02. The average molecular weight is 301 g/mol. The number of hydrogen-bond donors (Lipinski definition) is 1. The molecule has 0 saturated heterocycles. The predicted octanol–water partition coefficient (Wildman–Crippen LogP) is 3.77. The molecule has 1 aromatic heterocycles. The van der Waals surface area contributed by atoms with Crippen LogP contribution in [0, 0.1) is 12.7 Å². The van der Waals surface area contributed by atoms with Crippen LogP contribution >= 0.6 is 22.9 Å². The van der Waals surface area contributed by atoms with Crippen molar-refractivity contribution in [3.05, 3.63) is 39.6 Å². The molecule has 0 unspecified atom stereocenters. The molecule has 0 aliphatic rings. The zero-order chi connectivity index (χ0) is 14.0. The molecule has 2 rings (SSSR count). The first kappa shape index (κ1) is 13.8. The van der Waals surface area contributed by atoms with E-state index in [4.69, 9.17) is 11.6 Å². The lowest BCUT2D eigenvalue weighted by molar-refractivity contribution is 0.0606. The van der Waals surface area contributed by atoms with Gasteiger partial charge in [0.1, 0.15) is 5.82 Å². The fourth-order valence-electron chi connectivity index (χ4n) is 1.42. The maximum Gasteiger partial charge on any atom is 0.351 e. The number of carbonyl (C=O) groups excluding carboxylic acids is 1. The van der Waals surface area contributed by atoms with Gasteiger partial charge < -0.3 is 10.1 Å². The SMILES string of the molecule is COC(=O)c1sc(Nc2cc(F)ccc2C)nc1Cl. The van der Waals surface area contributed by atoms with E-state index in [1.54, 1.807) is 6.07 Å². The van der Waals surface area contributed by atoms with Crippen LogP contribution in [0.2, 0.25) is 5.15 Å². The first-order valence-electron chi connectivity index (χ1n) is 5.29. The number of methoxy groups -OCH3 is 1. The molecule has 19 heavy (non-hydrogen) atoms. The Bertz CT molecular complexity index is 630. The highest BCUT2D eigenvalue weighted by Gasteiger charge is 2.17. The van der Waals surface area contributed by atoms with Gasteiger partial charge in [-0.15, -0.1) is 0 Å². The molecule has 0 saturated carbocycles. The molecule has 0 atom stereocenters. The van der Waals surface area contributed by atoms with E-state index in [2.05, 4.69) is 15.0 Å². The Kier molecular flexibility index (Phi) is 4.01. The Morgan fingerprint density at radius 3 is 2.95 bits per heavy atom. The van der Waals surface area contributed by atoms with Gasteiger partial charge in [0.05, 0.1) is 7.11 Å². The van der Waals surface area contributed by atoms with Crippen molar-refractivity contribution in [2.75, 3.05) is 12.4 Å². The maximum atomic E-state index is 13.2. The highest BCUT2D eigenvalue weighted by Crippen LogP contribution is 2.30. The molecule has 1 heterocycles. The Morgan fingerprint density at radius 2 is 2.26 bits per heavy atom. The van der Waals surface area contributed by atoms with Gasteiger partial charge in [-0.2, -0.15) is 0 Å². The number of thiazole rings is 1. The number of aromatic nitrogens is 1. The number of nitrogens with zero attached hydrogens (tertiary/aromatic N) is 1. The topological polar surface area (TPSA) is 51.2 Å². The van der Waals surface area contributed by atoms with E-state index in [-0.39, 0.29) is 15.8 Å². The van der Waals surface area contributed by atoms with Crippen LogP contribution in [-0.2, 0) is 4.74 Å². The standard InChI is InChI=1S/C12H10ClFN2O2S/c1-6-3-4-7(14)5-8(6)15-12-16-10(13)9(19-12)11(17)18-2/h3-5H,1-2H3,(H,15,16). The third-order valence-corrected chi connectivity index (χ3v) is 3.73. The molecular weight excluding hydrogens is 291 g/mol. The van der Waals surface area contributed by atoms with Crippen molar-refractivity contribution in [1.29, 1.82) is 0 Å². The minimum absolute atomic E-state index is 0.0633. The lowest BCUT2D eigenvalue weighted by Crippen LogP contribution is -1.98. The third-order valence-electron chi connectivity index (χ3n) is 2.40. The number of carbonyl (C=O) groups is 1. The first-order chi connectivity index (χ1) is 9.01. The summed E-state index contributed by atoms with van der Waals surface area (Å²) in [7, 11) is 1.27. The van der Waals surface area contributed by atoms with Gasteiger partial charge in [0.2, 0.25) is 0 Å². The molecule has 0 fully saturated rings. The second-order valence-corrected chi connectivity index (χ2v) is 5.07. The van der Waals surface area contributed by atoms with Gasteiger partial charge in [-0.25, -0.2) is 14.2 Å². The Balaban J connectivity index is 2.29. The number of esters is 1. The van der Waals surface area contributed by atoms with Gasteiger partial charge in [-0.3, -0.25) is 0 Å². The van der Waals surface area contributed by atoms with Crippen LogP contribution in [0.1, 0.15) is 15.2 Å². The van der Waals surface area contributed by atoms with Crippen LogP contribution in [-0.4, -0.2) is 18.1 Å². The minimum atomic E-state index is -0.550. The number of ether oxygens (including phenoxy) is 1. The summed E-state index contributed by atoms with van der Waals surface area (Å²) in [5, 5.41) is 3.39. The summed E-state index contributed by atoms with van der Waals surface area (Å²) in [5.41, 5.74) is 1.43. The molecule has 7 heteroatoms. The fourth-order valence-corrected chi connectivity index (χ4v) is 2.53. The highest BCUT2D eigenvalue weighted by atomic mass is 35.5. The molecule has 4 nitrogen and oxygen atoms in total. The van der Waals surface area contributed by atoms with Crippen molar-refractivity contribution in [2.24, 2.45) is 0 Å². The lowest BCUT2D eigenvalue weighted by Gasteiger charge is -2.06. The molecule has 0 aliphatic carbocycles. The Hall–Kier alpha value is -1.66. The molecule has 0 bridgehead atoms. The molecule has 0 aliphatic heterocycles. The summed E-state index contributed by atoms with van der Waals surface area (Å²) >= 11 is 6.89.